The van der Waals surface area contributed by atoms with E-state index in [0.29, 0.717) is 6.61 Å². The lowest BCUT2D eigenvalue weighted by Crippen LogP contribution is -2.01. The predicted octanol–water partition coefficient (Wildman–Crippen LogP) is 5.34. The van der Waals surface area contributed by atoms with Crippen molar-refractivity contribution in [3.63, 3.8) is 0 Å². The second-order valence-corrected chi connectivity index (χ2v) is 6.75. The van der Waals surface area contributed by atoms with E-state index in [-0.39, 0.29) is 6.10 Å². The molecule has 3 rings (SSSR count). The first-order chi connectivity index (χ1) is 11.7. The van der Waals surface area contributed by atoms with Gasteiger partial charge in [-0.2, -0.15) is 0 Å². The van der Waals surface area contributed by atoms with Crippen molar-refractivity contribution < 1.29 is 4.74 Å². The zero-order chi connectivity index (χ0) is 16.8. The molecule has 4 heteroatoms. The number of aromatic nitrogens is 2. The Labute approximate surface area is 146 Å². The number of ether oxygens (including phenoxy) is 1. The van der Waals surface area contributed by atoms with Crippen LogP contribution in [0.4, 0.5) is 0 Å². The average molecular weight is 336 g/mol. The van der Waals surface area contributed by atoms with Crippen LogP contribution in [0.25, 0.3) is 22.4 Å². The molecule has 3 nitrogen and oxygen atoms in total. The summed E-state index contributed by atoms with van der Waals surface area (Å²) in [4.78, 5) is 8.92. The molecular formula is C20H20N2OS. The van der Waals surface area contributed by atoms with Crippen LogP contribution >= 0.6 is 11.3 Å². The molecule has 0 bridgehead atoms. The topological polar surface area (TPSA) is 35.0 Å². The van der Waals surface area contributed by atoms with Gasteiger partial charge in [-0.15, -0.1) is 11.3 Å². The molecule has 24 heavy (non-hydrogen) atoms. The smallest absolute Gasteiger partial charge is 0.117 e. The normalized spacial score (nSPS) is 12.1. The third-order valence-corrected chi connectivity index (χ3v) is 4.36. The van der Waals surface area contributed by atoms with Gasteiger partial charge >= 0.3 is 0 Å². The van der Waals surface area contributed by atoms with E-state index in [4.69, 9.17) is 4.74 Å². The van der Waals surface area contributed by atoms with E-state index >= 15 is 0 Å². The molecule has 0 aliphatic heterocycles. The second-order valence-electron chi connectivity index (χ2n) is 5.69. The molecule has 0 fully saturated rings. The fourth-order valence-corrected chi connectivity index (χ4v) is 3.04. The maximum atomic E-state index is 5.65. The molecule has 0 N–H and O–H groups in total. The Kier molecular flexibility index (Phi) is 5.51. The van der Waals surface area contributed by atoms with Gasteiger partial charge in [0.1, 0.15) is 5.01 Å². The Balaban J connectivity index is 1.69. The van der Waals surface area contributed by atoms with Crippen LogP contribution in [0.5, 0.6) is 0 Å². The predicted molar refractivity (Wildman–Crippen MR) is 102 cm³/mol. The highest BCUT2D eigenvalue weighted by Crippen LogP contribution is 2.24. The van der Waals surface area contributed by atoms with Crippen molar-refractivity contribution in [1.29, 1.82) is 0 Å². The molecule has 122 valence electrons. The molecule has 0 saturated carbocycles. The van der Waals surface area contributed by atoms with Crippen molar-refractivity contribution in [2.45, 2.75) is 26.6 Å². The van der Waals surface area contributed by atoms with Crippen LogP contribution in [0.1, 0.15) is 30.1 Å². The van der Waals surface area contributed by atoms with E-state index in [2.05, 4.69) is 28.2 Å². The quantitative estimate of drug-likeness (QED) is 0.570. The Bertz CT molecular complexity index is 850. The standard InChI is InChI=1S/C20H20N2OS/c1-15(2)23-14-16-10-11-19-18(13-16)22-20(24-19)9-4-3-7-17-8-5-6-12-21-17/h3-13,15H,14H2,1-2H3/b7-3+,9-4+. The van der Waals surface area contributed by atoms with Crippen molar-refractivity contribution >= 4 is 33.7 Å². The summed E-state index contributed by atoms with van der Waals surface area (Å²) in [6.07, 6.45) is 10.0. The summed E-state index contributed by atoms with van der Waals surface area (Å²) in [5.41, 5.74) is 3.13. The highest BCUT2D eigenvalue weighted by molar-refractivity contribution is 7.19. The molecule has 0 unspecified atom stereocenters. The monoisotopic (exact) mass is 336 g/mol. The van der Waals surface area contributed by atoms with Gasteiger partial charge < -0.3 is 4.74 Å². The molecule has 0 spiro atoms. The Morgan fingerprint density at radius 1 is 1.12 bits per heavy atom. The number of pyridine rings is 1. The van der Waals surface area contributed by atoms with Gasteiger partial charge in [0.2, 0.25) is 0 Å². The fourth-order valence-electron chi connectivity index (χ4n) is 2.18. The summed E-state index contributed by atoms with van der Waals surface area (Å²) in [5, 5.41) is 0.998. The van der Waals surface area contributed by atoms with Gasteiger partial charge in [-0.25, -0.2) is 4.98 Å². The molecule has 2 heterocycles. The minimum Gasteiger partial charge on any atom is -0.374 e. The second kappa shape index (κ2) is 7.99. The number of hydrogen-bond donors (Lipinski definition) is 0. The summed E-state index contributed by atoms with van der Waals surface area (Å²) < 4.78 is 6.84. The molecule has 0 radical (unpaired) electrons. The van der Waals surface area contributed by atoms with E-state index in [1.165, 1.54) is 4.70 Å². The van der Waals surface area contributed by atoms with Crippen molar-refractivity contribution in [3.05, 3.63) is 71.0 Å². The molecule has 0 saturated heterocycles. The van der Waals surface area contributed by atoms with Gasteiger partial charge in [0.25, 0.3) is 0 Å². The minimum atomic E-state index is 0.237. The molecule has 0 aliphatic rings. The van der Waals surface area contributed by atoms with Crippen LogP contribution in [0.15, 0.2) is 54.7 Å². The first-order valence-corrected chi connectivity index (χ1v) is 8.79. The van der Waals surface area contributed by atoms with Crippen molar-refractivity contribution in [2.24, 2.45) is 0 Å². The van der Waals surface area contributed by atoms with Crippen LogP contribution in [0.2, 0.25) is 0 Å². The van der Waals surface area contributed by atoms with Crippen molar-refractivity contribution in [3.8, 4) is 0 Å². The Hall–Kier alpha value is -2.30. The number of hydrogen-bond acceptors (Lipinski definition) is 4. The van der Waals surface area contributed by atoms with Crippen LogP contribution in [0, 0.1) is 0 Å². The number of nitrogens with zero attached hydrogens (tertiary/aromatic N) is 2. The van der Waals surface area contributed by atoms with Gasteiger partial charge in [-0.05, 0) is 55.8 Å². The van der Waals surface area contributed by atoms with Gasteiger partial charge in [0.05, 0.1) is 28.6 Å². The zero-order valence-corrected chi connectivity index (χ0v) is 14.7. The molecule has 0 amide bonds. The number of fused-ring (bicyclic) bond motifs is 1. The number of benzene rings is 1. The van der Waals surface area contributed by atoms with Gasteiger partial charge in [-0.1, -0.05) is 24.3 Å². The van der Waals surface area contributed by atoms with Gasteiger partial charge in [0, 0.05) is 6.20 Å². The lowest BCUT2D eigenvalue weighted by Gasteiger charge is -2.06. The van der Waals surface area contributed by atoms with Gasteiger partial charge in [0.15, 0.2) is 0 Å². The molecule has 1 aromatic carbocycles. The highest BCUT2D eigenvalue weighted by atomic mass is 32.1. The van der Waals surface area contributed by atoms with Crippen molar-refractivity contribution in [2.75, 3.05) is 0 Å². The summed E-state index contributed by atoms with van der Waals surface area (Å²) in [6.45, 7) is 4.72. The number of rotatable bonds is 6. The summed E-state index contributed by atoms with van der Waals surface area (Å²) in [5.74, 6) is 0. The highest BCUT2D eigenvalue weighted by Gasteiger charge is 2.03. The molecular weight excluding hydrogens is 316 g/mol. The maximum absolute atomic E-state index is 5.65. The summed E-state index contributed by atoms with van der Waals surface area (Å²) in [6, 6.07) is 12.2. The van der Waals surface area contributed by atoms with E-state index in [1.807, 2.05) is 56.4 Å². The fraction of sp³-hybridized carbons (Fsp3) is 0.200. The lowest BCUT2D eigenvalue weighted by molar-refractivity contribution is 0.0658. The molecule has 0 atom stereocenters. The van der Waals surface area contributed by atoms with Gasteiger partial charge in [-0.3, -0.25) is 4.98 Å². The summed E-state index contributed by atoms with van der Waals surface area (Å²) in [7, 11) is 0. The first kappa shape index (κ1) is 16.6. The molecule has 0 aliphatic carbocycles. The molecule has 2 aromatic heterocycles. The third kappa shape index (κ3) is 4.60. The van der Waals surface area contributed by atoms with Crippen LogP contribution < -0.4 is 0 Å². The Morgan fingerprint density at radius 2 is 2.00 bits per heavy atom. The van der Waals surface area contributed by atoms with Crippen LogP contribution in [-0.4, -0.2) is 16.1 Å². The third-order valence-electron chi connectivity index (χ3n) is 3.36. The first-order valence-electron chi connectivity index (χ1n) is 7.97. The lowest BCUT2D eigenvalue weighted by atomic mass is 10.2. The Morgan fingerprint density at radius 3 is 2.79 bits per heavy atom. The van der Waals surface area contributed by atoms with E-state index in [1.54, 1.807) is 17.5 Å². The average Bonchev–Trinajstić information content (AvgIpc) is 3.00. The van der Waals surface area contributed by atoms with E-state index in [9.17, 15) is 0 Å². The zero-order valence-electron chi connectivity index (χ0n) is 13.8. The maximum Gasteiger partial charge on any atom is 0.117 e. The SMILES string of the molecule is CC(C)OCc1ccc2sc(/C=C/C=C/c3ccccn3)nc2c1. The largest absolute Gasteiger partial charge is 0.374 e. The summed E-state index contributed by atoms with van der Waals surface area (Å²) >= 11 is 1.69. The van der Waals surface area contributed by atoms with E-state index < -0.39 is 0 Å². The number of allylic oxidation sites excluding steroid dienone is 2. The minimum absolute atomic E-state index is 0.237. The molecule has 3 aromatic rings. The number of thiazole rings is 1. The van der Waals surface area contributed by atoms with E-state index in [0.717, 1.165) is 21.8 Å². The van der Waals surface area contributed by atoms with Crippen LogP contribution in [-0.2, 0) is 11.3 Å². The van der Waals surface area contributed by atoms with Crippen molar-refractivity contribution in [1.82, 2.24) is 9.97 Å². The van der Waals surface area contributed by atoms with Crippen LogP contribution in [0.3, 0.4) is 0 Å².